The lowest BCUT2D eigenvalue weighted by Gasteiger charge is -2.20. The number of aryl methyl sites for hydroxylation is 1. The first-order valence-electron chi connectivity index (χ1n) is 7.36. The van der Waals surface area contributed by atoms with Crippen LogP contribution in [-0.4, -0.2) is 28.5 Å². The molecule has 0 atom stereocenters. The molecular formula is C16H24N4O. The van der Waals surface area contributed by atoms with Crippen LogP contribution in [0, 0.1) is 0 Å². The minimum Gasteiger partial charge on any atom is -0.355 e. The number of nitrogens with two attached hydrogens (primary N) is 1. The van der Waals surface area contributed by atoms with Gasteiger partial charge >= 0.3 is 0 Å². The second kappa shape index (κ2) is 6.26. The summed E-state index contributed by atoms with van der Waals surface area (Å²) in [5.41, 5.74) is 7.38. The summed E-state index contributed by atoms with van der Waals surface area (Å²) in [6.07, 6.45) is 0.434. The van der Waals surface area contributed by atoms with Gasteiger partial charge in [0.25, 0.3) is 0 Å². The van der Waals surface area contributed by atoms with Gasteiger partial charge in [-0.15, -0.1) is 0 Å². The highest BCUT2D eigenvalue weighted by Crippen LogP contribution is 2.26. The highest BCUT2D eigenvalue weighted by atomic mass is 16.1. The lowest BCUT2D eigenvalue weighted by molar-refractivity contribution is -0.121. The molecule has 21 heavy (non-hydrogen) atoms. The van der Waals surface area contributed by atoms with E-state index in [1.165, 1.54) is 0 Å². The third-order valence-corrected chi connectivity index (χ3v) is 3.35. The number of hydrogen-bond acceptors (Lipinski definition) is 3. The molecule has 1 aromatic carbocycles. The number of benzene rings is 1. The lowest BCUT2D eigenvalue weighted by atomic mass is 9.95. The number of rotatable bonds is 5. The third-order valence-electron chi connectivity index (χ3n) is 3.35. The molecule has 0 bridgehead atoms. The molecule has 3 N–H and O–H groups in total. The van der Waals surface area contributed by atoms with Crippen molar-refractivity contribution in [3.63, 3.8) is 0 Å². The summed E-state index contributed by atoms with van der Waals surface area (Å²) in [6.45, 7) is 8.03. The fourth-order valence-corrected chi connectivity index (χ4v) is 2.39. The van der Waals surface area contributed by atoms with Crippen LogP contribution in [0.3, 0.4) is 0 Å². The maximum atomic E-state index is 11.8. The molecule has 0 unspecified atom stereocenters. The van der Waals surface area contributed by atoms with Crippen molar-refractivity contribution in [2.45, 2.75) is 39.2 Å². The second-order valence-corrected chi connectivity index (χ2v) is 6.21. The first kappa shape index (κ1) is 15.5. The normalized spacial score (nSPS) is 11.8. The lowest BCUT2D eigenvalue weighted by Crippen LogP contribution is -2.30. The Kier molecular flexibility index (Phi) is 4.63. The summed E-state index contributed by atoms with van der Waals surface area (Å²) in [7, 11) is 0. The molecule has 0 saturated heterocycles. The van der Waals surface area contributed by atoms with Gasteiger partial charge in [0.15, 0.2) is 0 Å². The molecular weight excluding hydrogens is 264 g/mol. The van der Waals surface area contributed by atoms with Crippen molar-refractivity contribution in [3.05, 3.63) is 30.1 Å². The van der Waals surface area contributed by atoms with Crippen LogP contribution in [-0.2, 0) is 16.8 Å². The summed E-state index contributed by atoms with van der Waals surface area (Å²) >= 11 is 0. The summed E-state index contributed by atoms with van der Waals surface area (Å²) in [4.78, 5) is 16.5. The number of hydrogen-bond donors (Lipinski definition) is 2. The highest BCUT2D eigenvalue weighted by Gasteiger charge is 2.22. The van der Waals surface area contributed by atoms with Crippen LogP contribution >= 0.6 is 0 Å². The highest BCUT2D eigenvalue weighted by molar-refractivity contribution is 5.78. The molecule has 1 aromatic heterocycles. The number of carbonyl (C=O) groups excluding carboxylic acids is 1. The van der Waals surface area contributed by atoms with Gasteiger partial charge in [-0.3, -0.25) is 4.79 Å². The average Bonchev–Trinajstić information content (AvgIpc) is 2.81. The second-order valence-electron chi connectivity index (χ2n) is 6.21. The molecule has 1 heterocycles. The van der Waals surface area contributed by atoms with E-state index in [-0.39, 0.29) is 11.3 Å². The smallest absolute Gasteiger partial charge is 0.221 e. The average molecular weight is 288 g/mol. The minimum atomic E-state index is -0.0627. The predicted octanol–water partition coefficient (Wildman–Crippen LogP) is 1.80. The van der Waals surface area contributed by atoms with Crippen LogP contribution in [0.1, 0.15) is 33.0 Å². The molecule has 0 radical (unpaired) electrons. The fourth-order valence-electron chi connectivity index (χ4n) is 2.39. The molecule has 114 valence electrons. The zero-order valence-corrected chi connectivity index (χ0v) is 13.0. The Morgan fingerprint density at radius 3 is 2.71 bits per heavy atom. The molecule has 2 aromatic rings. The molecule has 2 rings (SSSR count). The Morgan fingerprint density at radius 1 is 1.33 bits per heavy atom. The first-order chi connectivity index (χ1) is 9.93. The van der Waals surface area contributed by atoms with Gasteiger partial charge in [-0.2, -0.15) is 0 Å². The van der Waals surface area contributed by atoms with E-state index in [0.717, 1.165) is 16.9 Å². The van der Waals surface area contributed by atoms with Crippen LogP contribution in [0.5, 0.6) is 0 Å². The first-order valence-corrected chi connectivity index (χ1v) is 7.36. The monoisotopic (exact) mass is 288 g/mol. The van der Waals surface area contributed by atoms with Gasteiger partial charge in [-0.05, 0) is 12.1 Å². The Hall–Kier alpha value is -1.88. The van der Waals surface area contributed by atoms with Gasteiger partial charge in [0.1, 0.15) is 5.82 Å². The Morgan fingerprint density at radius 2 is 2.05 bits per heavy atom. The summed E-state index contributed by atoms with van der Waals surface area (Å²) in [5.74, 6) is 1.04. The molecule has 1 amide bonds. The number of imidazole rings is 1. The van der Waals surface area contributed by atoms with E-state index in [1.54, 1.807) is 0 Å². The maximum absolute atomic E-state index is 11.8. The molecule has 0 aliphatic rings. The van der Waals surface area contributed by atoms with Gasteiger partial charge < -0.3 is 15.6 Å². The van der Waals surface area contributed by atoms with Crippen LogP contribution < -0.4 is 11.1 Å². The van der Waals surface area contributed by atoms with Crippen LogP contribution in [0.25, 0.3) is 11.0 Å². The van der Waals surface area contributed by atoms with E-state index in [4.69, 9.17) is 10.7 Å². The van der Waals surface area contributed by atoms with Crippen molar-refractivity contribution >= 4 is 16.9 Å². The number of aromatic nitrogens is 2. The molecule has 5 heteroatoms. The van der Waals surface area contributed by atoms with Crippen molar-refractivity contribution in [3.8, 4) is 0 Å². The van der Waals surface area contributed by atoms with Gasteiger partial charge in [-0.25, -0.2) is 4.98 Å². The summed E-state index contributed by atoms with van der Waals surface area (Å²) in [6, 6.07) is 8.05. The third kappa shape index (κ3) is 3.61. The molecule has 0 fully saturated rings. The van der Waals surface area contributed by atoms with E-state index in [9.17, 15) is 4.79 Å². The SMILES string of the molecule is CC(C)(C)c1nc2ccccc2n1CCC(=O)NCCN. The predicted molar refractivity (Wildman–Crippen MR) is 85.1 cm³/mol. The summed E-state index contributed by atoms with van der Waals surface area (Å²) in [5, 5.41) is 2.80. The zero-order valence-electron chi connectivity index (χ0n) is 13.0. The number of nitrogens with one attached hydrogen (secondary N) is 1. The van der Waals surface area contributed by atoms with Crippen molar-refractivity contribution < 1.29 is 4.79 Å². The van der Waals surface area contributed by atoms with E-state index < -0.39 is 0 Å². The number of para-hydroxylation sites is 2. The fraction of sp³-hybridized carbons (Fsp3) is 0.500. The summed E-state index contributed by atoms with van der Waals surface area (Å²) < 4.78 is 2.15. The van der Waals surface area contributed by atoms with Gasteiger partial charge in [0.05, 0.1) is 11.0 Å². The van der Waals surface area contributed by atoms with Crippen LogP contribution in [0.15, 0.2) is 24.3 Å². The van der Waals surface area contributed by atoms with Crippen molar-refractivity contribution in [1.29, 1.82) is 0 Å². The number of amides is 1. The molecule has 0 spiro atoms. The Bertz CT molecular complexity index is 625. The maximum Gasteiger partial charge on any atom is 0.221 e. The number of fused-ring (bicyclic) bond motifs is 1. The van der Waals surface area contributed by atoms with Gasteiger partial charge in [0.2, 0.25) is 5.91 Å². The van der Waals surface area contributed by atoms with E-state index in [0.29, 0.717) is 26.1 Å². The van der Waals surface area contributed by atoms with Gasteiger partial charge in [-0.1, -0.05) is 32.9 Å². The zero-order chi connectivity index (χ0) is 15.5. The van der Waals surface area contributed by atoms with Crippen molar-refractivity contribution in [1.82, 2.24) is 14.9 Å². The molecule has 5 nitrogen and oxygen atoms in total. The van der Waals surface area contributed by atoms with E-state index >= 15 is 0 Å². The molecule has 0 saturated carbocycles. The molecule has 0 aliphatic heterocycles. The van der Waals surface area contributed by atoms with Crippen LogP contribution in [0.4, 0.5) is 0 Å². The largest absolute Gasteiger partial charge is 0.355 e. The minimum absolute atomic E-state index is 0.0260. The van der Waals surface area contributed by atoms with Crippen LogP contribution in [0.2, 0.25) is 0 Å². The molecule has 0 aliphatic carbocycles. The topological polar surface area (TPSA) is 72.9 Å². The number of nitrogens with zero attached hydrogens (tertiary/aromatic N) is 2. The standard InChI is InChI=1S/C16H24N4O/c1-16(2,3)15-19-12-6-4-5-7-13(12)20(15)11-8-14(21)18-10-9-17/h4-7H,8-11,17H2,1-3H3,(H,18,21). The number of carbonyl (C=O) groups is 1. The Labute approximate surface area is 125 Å². The van der Waals surface area contributed by atoms with E-state index in [1.807, 2.05) is 18.2 Å². The van der Waals surface area contributed by atoms with Gasteiger partial charge in [0, 0.05) is 31.5 Å². The van der Waals surface area contributed by atoms with E-state index in [2.05, 4.69) is 36.7 Å². The Balaban J connectivity index is 2.26. The quantitative estimate of drug-likeness (QED) is 0.881. The van der Waals surface area contributed by atoms with Crippen molar-refractivity contribution in [2.24, 2.45) is 5.73 Å². The van der Waals surface area contributed by atoms with Crippen molar-refractivity contribution in [2.75, 3.05) is 13.1 Å².